The second-order valence-corrected chi connectivity index (χ2v) is 4.87. The highest BCUT2D eigenvalue weighted by Crippen LogP contribution is 2.12. The monoisotopic (exact) mass is 285 g/mol. The summed E-state index contributed by atoms with van der Waals surface area (Å²) >= 11 is 5.72. The van der Waals surface area contributed by atoms with E-state index in [2.05, 4.69) is 15.6 Å². The van der Waals surface area contributed by atoms with Crippen molar-refractivity contribution in [2.45, 2.75) is 38.8 Å². The fourth-order valence-corrected chi connectivity index (χ4v) is 1.60. The molecular formula is C13H20ClN3O2. The summed E-state index contributed by atoms with van der Waals surface area (Å²) < 4.78 is 0. The van der Waals surface area contributed by atoms with E-state index in [1.165, 1.54) is 6.20 Å². The lowest BCUT2D eigenvalue weighted by atomic mass is 9.98. The van der Waals surface area contributed by atoms with Gasteiger partial charge in [-0.05, 0) is 25.0 Å². The SMILES string of the molecule is CCC(O)(CC)CNC(=O)NCc1ccc(Cl)cn1. The molecule has 19 heavy (non-hydrogen) atoms. The third kappa shape index (κ3) is 5.44. The molecule has 0 aliphatic rings. The predicted molar refractivity (Wildman–Crippen MR) is 75.0 cm³/mol. The molecule has 0 aromatic carbocycles. The number of aromatic nitrogens is 1. The van der Waals surface area contributed by atoms with Gasteiger partial charge >= 0.3 is 6.03 Å². The van der Waals surface area contributed by atoms with Crippen LogP contribution in [0.4, 0.5) is 4.79 Å². The summed E-state index contributed by atoms with van der Waals surface area (Å²) in [6.07, 6.45) is 2.73. The molecule has 0 saturated carbocycles. The van der Waals surface area contributed by atoms with E-state index in [-0.39, 0.29) is 12.6 Å². The van der Waals surface area contributed by atoms with Gasteiger partial charge in [-0.25, -0.2) is 4.79 Å². The van der Waals surface area contributed by atoms with Crippen molar-refractivity contribution in [1.29, 1.82) is 0 Å². The first kappa shape index (κ1) is 15.7. The fraction of sp³-hybridized carbons (Fsp3) is 0.538. The van der Waals surface area contributed by atoms with Gasteiger partial charge in [-0.2, -0.15) is 0 Å². The Balaban J connectivity index is 2.34. The molecular weight excluding hydrogens is 266 g/mol. The zero-order valence-electron chi connectivity index (χ0n) is 11.2. The molecule has 6 heteroatoms. The van der Waals surface area contributed by atoms with Crippen molar-refractivity contribution in [3.8, 4) is 0 Å². The zero-order chi connectivity index (χ0) is 14.3. The van der Waals surface area contributed by atoms with Crippen molar-refractivity contribution in [3.05, 3.63) is 29.0 Å². The van der Waals surface area contributed by atoms with Crippen LogP contribution in [-0.2, 0) is 6.54 Å². The van der Waals surface area contributed by atoms with Gasteiger partial charge in [0, 0.05) is 12.7 Å². The molecule has 0 spiro atoms. The van der Waals surface area contributed by atoms with Crippen LogP contribution in [0, 0.1) is 0 Å². The quantitative estimate of drug-likeness (QED) is 0.749. The number of halogens is 1. The summed E-state index contributed by atoms with van der Waals surface area (Å²) in [7, 11) is 0. The molecule has 3 N–H and O–H groups in total. The number of carbonyl (C=O) groups excluding carboxylic acids is 1. The van der Waals surface area contributed by atoms with Crippen LogP contribution >= 0.6 is 11.6 Å². The molecule has 0 aliphatic heterocycles. The number of nitrogens with one attached hydrogen (secondary N) is 2. The average Bonchev–Trinajstić information content (AvgIpc) is 2.44. The van der Waals surface area contributed by atoms with Gasteiger partial charge in [-0.1, -0.05) is 25.4 Å². The van der Waals surface area contributed by atoms with Crippen LogP contribution in [0.3, 0.4) is 0 Å². The van der Waals surface area contributed by atoms with Gasteiger partial charge in [0.25, 0.3) is 0 Å². The van der Waals surface area contributed by atoms with E-state index in [0.29, 0.717) is 24.4 Å². The summed E-state index contributed by atoms with van der Waals surface area (Å²) in [5.41, 5.74) is -0.114. The number of pyridine rings is 1. The molecule has 5 nitrogen and oxygen atoms in total. The summed E-state index contributed by atoms with van der Waals surface area (Å²) in [4.78, 5) is 15.6. The lowest BCUT2D eigenvalue weighted by Gasteiger charge is -2.25. The van der Waals surface area contributed by atoms with E-state index in [0.717, 1.165) is 5.69 Å². The minimum Gasteiger partial charge on any atom is -0.388 e. The highest BCUT2D eigenvalue weighted by atomic mass is 35.5. The number of rotatable bonds is 6. The van der Waals surface area contributed by atoms with Gasteiger partial charge in [0.05, 0.1) is 22.9 Å². The fourth-order valence-electron chi connectivity index (χ4n) is 1.49. The third-order valence-electron chi connectivity index (χ3n) is 3.11. The Hall–Kier alpha value is -1.33. The molecule has 0 bridgehead atoms. The molecule has 1 aromatic rings. The number of carbonyl (C=O) groups is 1. The Bertz CT molecular complexity index is 405. The number of aliphatic hydroxyl groups is 1. The first-order valence-corrected chi connectivity index (χ1v) is 6.71. The van der Waals surface area contributed by atoms with E-state index >= 15 is 0 Å². The summed E-state index contributed by atoms with van der Waals surface area (Å²) in [5.74, 6) is 0. The largest absolute Gasteiger partial charge is 0.388 e. The lowest BCUT2D eigenvalue weighted by Crippen LogP contribution is -2.45. The van der Waals surface area contributed by atoms with Gasteiger partial charge in [-0.15, -0.1) is 0 Å². The topological polar surface area (TPSA) is 74.2 Å². The minimum absolute atomic E-state index is 0.236. The van der Waals surface area contributed by atoms with Crippen molar-refractivity contribution >= 4 is 17.6 Å². The second-order valence-electron chi connectivity index (χ2n) is 4.44. The van der Waals surface area contributed by atoms with Crippen molar-refractivity contribution in [2.75, 3.05) is 6.54 Å². The first-order chi connectivity index (χ1) is 8.99. The van der Waals surface area contributed by atoms with Crippen LogP contribution in [-0.4, -0.2) is 28.3 Å². The smallest absolute Gasteiger partial charge is 0.315 e. The Morgan fingerprint density at radius 2 is 2.05 bits per heavy atom. The maximum absolute atomic E-state index is 11.6. The van der Waals surface area contributed by atoms with Crippen LogP contribution in [0.1, 0.15) is 32.4 Å². The third-order valence-corrected chi connectivity index (χ3v) is 3.34. The van der Waals surface area contributed by atoms with Crippen LogP contribution in [0.2, 0.25) is 5.02 Å². The average molecular weight is 286 g/mol. The van der Waals surface area contributed by atoms with Gasteiger partial charge in [0.2, 0.25) is 0 Å². The predicted octanol–water partition coefficient (Wildman–Crippen LogP) is 2.09. The first-order valence-electron chi connectivity index (χ1n) is 6.33. The van der Waals surface area contributed by atoms with Crippen LogP contribution in [0.15, 0.2) is 18.3 Å². The van der Waals surface area contributed by atoms with Crippen molar-refractivity contribution in [2.24, 2.45) is 0 Å². The van der Waals surface area contributed by atoms with Crippen molar-refractivity contribution in [3.63, 3.8) is 0 Å². The molecule has 1 aromatic heterocycles. The van der Waals surface area contributed by atoms with Gasteiger partial charge in [-0.3, -0.25) is 4.98 Å². The molecule has 0 fully saturated rings. The van der Waals surface area contributed by atoms with Gasteiger partial charge < -0.3 is 15.7 Å². The Morgan fingerprint density at radius 1 is 1.37 bits per heavy atom. The summed E-state index contributed by atoms with van der Waals surface area (Å²) in [5, 5.41) is 15.9. The summed E-state index contributed by atoms with van der Waals surface area (Å²) in [6, 6.07) is 3.14. The number of nitrogens with zero attached hydrogens (tertiary/aromatic N) is 1. The van der Waals surface area contributed by atoms with Gasteiger partial charge in [0.1, 0.15) is 0 Å². The maximum Gasteiger partial charge on any atom is 0.315 e. The number of hydrogen-bond acceptors (Lipinski definition) is 3. The van der Waals surface area contributed by atoms with Crippen molar-refractivity contribution in [1.82, 2.24) is 15.6 Å². The molecule has 0 radical (unpaired) electrons. The van der Waals surface area contributed by atoms with E-state index in [9.17, 15) is 9.90 Å². The van der Waals surface area contributed by atoms with Crippen LogP contribution in [0.25, 0.3) is 0 Å². The Morgan fingerprint density at radius 3 is 2.58 bits per heavy atom. The standard InChI is InChI=1S/C13H20ClN3O2/c1-3-13(19,4-2)9-17-12(18)16-8-11-6-5-10(14)7-15-11/h5-7,19H,3-4,8-9H2,1-2H3,(H2,16,17,18). The van der Waals surface area contributed by atoms with Crippen LogP contribution < -0.4 is 10.6 Å². The van der Waals surface area contributed by atoms with Crippen molar-refractivity contribution < 1.29 is 9.90 Å². The normalized spacial score (nSPS) is 11.2. The molecule has 0 aliphatic carbocycles. The number of hydrogen-bond donors (Lipinski definition) is 3. The van der Waals surface area contributed by atoms with Gasteiger partial charge in [0.15, 0.2) is 0 Å². The molecule has 2 amide bonds. The second kappa shape index (κ2) is 7.31. The van der Waals surface area contributed by atoms with E-state index < -0.39 is 5.60 Å². The van der Waals surface area contributed by atoms with Crippen LogP contribution in [0.5, 0.6) is 0 Å². The molecule has 1 heterocycles. The minimum atomic E-state index is -0.837. The van der Waals surface area contributed by atoms with E-state index in [4.69, 9.17) is 11.6 Å². The van der Waals surface area contributed by atoms with E-state index in [1.807, 2.05) is 13.8 Å². The Kier molecular flexibility index (Phi) is 6.05. The zero-order valence-corrected chi connectivity index (χ0v) is 12.0. The molecule has 106 valence electrons. The number of urea groups is 1. The summed E-state index contributed by atoms with van der Waals surface area (Å²) in [6.45, 7) is 4.33. The van der Waals surface area contributed by atoms with E-state index in [1.54, 1.807) is 12.1 Å². The molecule has 0 saturated heterocycles. The lowest BCUT2D eigenvalue weighted by molar-refractivity contribution is 0.0349. The highest BCUT2D eigenvalue weighted by molar-refractivity contribution is 6.30. The Labute approximate surface area is 118 Å². The maximum atomic E-state index is 11.6. The molecule has 1 rings (SSSR count). The highest BCUT2D eigenvalue weighted by Gasteiger charge is 2.22. The molecule has 0 unspecified atom stereocenters. The molecule has 0 atom stereocenters. The number of amides is 2.